The normalized spacial score (nSPS) is 20.8. The summed E-state index contributed by atoms with van der Waals surface area (Å²) in [7, 11) is 0. The molecule has 1 aromatic heterocycles. The lowest BCUT2D eigenvalue weighted by Gasteiger charge is -2.05. The summed E-state index contributed by atoms with van der Waals surface area (Å²) in [5.74, 6) is -2.38. The number of carboxylic acids is 1. The van der Waals surface area contributed by atoms with Crippen molar-refractivity contribution in [2.45, 2.75) is 18.9 Å². The van der Waals surface area contributed by atoms with Gasteiger partial charge in [-0.25, -0.2) is 0 Å². The number of carbonyl (C=O) groups is 2. The quantitative estimate of drug-likeness (QED) is 0.861. The maximum absolute atomic E-state index is 12.8. The molecule has 0 saturated carbocycles. The number of benzene rings is 1. The van der Waals surface area contributed by atoms with E-state index < -0.39 is 53.4 Å². The number of rotatable bonds is 3. The highest BCUT2D eigenvalue weighted by molar-refractivity contribution is 6.08. The van der Waals surface area contributed by atoms with E-state index >= 15 is 0 Å². The Labute approximate surface area is 117 Å². The molecule has 4 heteroatoms. The SMILES string of the molecule is [2H]c1c([2H])c([2H])c(C(=O)c2ccc3n2CC[C@@H]3C(=O)O)c([2H])c1[2H]. The predicted octanol–water partition coefficient (Wildman–Crippen LogP) is 2.29. The molecule has 3 rings (SSSR count). The van der Waals surface area contributed by atoms with Crippen LogP contribution < -0.4 is 0 Å². The highest BCUT2D eigenvalue weighted by Crippen LogP contribution is 2.31. The third-order valence-electron chi connectivity index (χ3n) is 3.27. The van der Waals surface area contributed by atoms with Crippen molar-refractivity contribution >= 4 is 11.8 Å². The van der Waals surface area contributed by atoms with Gasteiger partial charge in [0.1, 0.15) is 0 Å². The predicted molar refractivity (Wildman–Crippen MR) is 69.3 cm³/mol. The minimum atomic E-state index is -0.978. The fraction of sp³-hybridized carbons (Fsp3) is 0.200. The Kier molecular flexibility index (Phi) is 1.68. The number of ketones is 1. The first kappa shape index (κ1) is 7.28. The third-order valence-corrected chi connectivity index (χ3v) is 3.27. The van der Waals surface area contributed by atoms with Gasteiger partial charge >= 0.3 is 5.97 Å². The highest BCUT2D eigenvalue weighted by atomic mass is 16.4. The van der Waals surface area contributed by atoms with Gasteiger partial charge in [-0.2, -0.15) is 0 Å². The van der Waals surface area contributed by atoms with E-state index in [0.29, 0.717) is 18.7 Å². The first-order chi connectivity index (χ1) is 11.3. The molecule has 1 N–H and O–H groups in total. The van der Waals surface area contributed by atoms with Gasteiger partial charge in [-0.15, -0.1) is 0 Å². The van der Waals surface area contributed by atoms with E-state index in [1.807, 2.05) is 0 Å². The molecular weight excluding hydrogens is 242 g/mol. The second-order valence-corrected chi connectivity index (χ2v) is 4.30. The molecule has 0 unspecified atom stereocenters. The molecule has 2 heterocycles. The molecule has 4 nitrogen and oxygen atoms in total. The summed E-state index contributed by atoms with van der Waals surface area (Å²) in [4.78, 5) is 24.0. The molecule has 0 radical (unpaired) electrons. The van der Waals surface area contributed by atoms with Crippen LogP contribution in [0.15, 0.2) is 42.3 Å². The number of carbonyl (C=O) groups excluding carboxylic acids is 1. The number of fused-ring (bicyclic) bond motifs is 1. The topological polar surface area (TPSA) is 59.3 Å². The van der Waals surface area contributed by atoms with Crippen LogP contribution in [0.2, 0.25) is 0 Å². The Bertz CT molecular complexity index is 861. The molecule has 1 atom stereocenters. The lowest BCUT2D eigenvalue weighted by molar-refractivity contribution is -0.138. The van der Waals surface area contributed by atoms with Gasteiger partial charge in [0, 0.05) is 17.8 Å². The molecule has 0 fully saturated rings. The van der Waals surface area contributed by atoms with Crippen LogP contribution in [0.3, 0.4) is 0 Å². The van der Waals surface area contributed by atoms with Gasteiger partial charge in [-0.1, -0.05) is 30.2 Å². The van der Waals surface area contributed by atoms with Crippen molar-refractivity contribution < 1.29 is 21.5 Å². The van der Waals surface area contributed by atoms with Crippen LogP contribution in [-0.4, -0.2) is 21.4 Å². The van der Waals surface area contributed by atoms with E-state index in [1.54, 1.807) is 4.57 Å². The molecule has 1 aliphatic rings. The van der Waals surface area contributed by atoms with Crippen LogP contribution in [0.25, 0.3) is 0 Å². The molecule has 1 aliphatic heterocycles. The molecule has 0 amide bonds. The van der Waals surface area contributed by atoms with Gasteiger partial charge in [0.2, 0.25) is 5.78 Å². The molecule has 96 valence electrons. The number of hydrogen-bond donors (Lipinski definition) is 1. The molecule has 0 spiro atoms. The monoisotopic (exact) mass is 260 g/mol. The van der Waals surface area contributed by atoms with Crippen molar-refractivity contribution in [2.75, 3.05) is 0 Å². The lowest BCUT2D eigenvalue weighted by atomic mass is 10.1. The summed E-state index contributed by atoms with van der Waals surface area (Å²) in [6.45, 7) is 0.332. The van der Waals surface area contributed by atoms with Crippen molar-refractivity contribution in [1.82, 2.24) is 4.57 Å². The molecule has 0 aliphatic carbocycles. The van der Waals surface area contributed by atoms with Crippen LogP contribution in [0.4, 0.5) is 0 Å². The van der Waals surface area contributed by atoms with Gasteiger partial charge in [-0.05, 0) is 18.6 Å². The summed E-state index contributed by atoms with van der Waals surface area (Å²) in [5, 5.41) is 9.19. The maximum Gasteiger partial charge on any atom is 0.312 e. The fourth-order valence-corrected chi connectivity index (χ4v) is 2.38. The van der Waals surface area contributed by atoms with E-state index in [4.69, 9.17) is 6.85 Å². The van der Waals surface area contributed by atoms with Crippen LogP contribution in [0, 0.1) is 0 Å². The highest BCUT2D eigenvalue weighted by Gasteiger charge is 2.31. The third kappa shape index (κ3) is 1.85. The van der Waals surface area contributed by atoms with Crippen molar-refractivity contribution in [3.63, 3.8) is 0 Å². The van der Waals surface area contributed by atoms with E-state index in [0.717, 1.165) is 0 Å². The number of hydrogen-bond acceptors (Lipinski definition) is 2. The second kappa shape index (κ2) is 4.39. The summed E-state index contributed by atoms with van der Waals surface area (Å²) >= 11 is 0. The number of nitrogens with zero attached hydrogens (tertiary/aromatic N) is 1. The minimum Gasteiger partial charge on any atom is -0.481 e. The lowest BCUT2D eigenvalue weighted by Crippen LogP contribution is -2.09. The Balaban J connectivity index is 2.13. The van der Waals surface area contributed by atoms with Gasteiger partial charge in [-0.3, -0.25) is 9.59 Å². The number of aromatic nitrogens is 1. The van der Waals surface area contributed by atoms with Gasteiger partial charge in [0.05, 0.1) is 18.5 Å². The molecule has 1 aromatic carbocycles. The van der Waals surface area contributed by atoms with E-state index in [2.05, 4.69) is 0 Å². The molecule has 2 aromatic rings. The standard InChI is InChI=1S/C15H13NO3/c17-14(10-4-2-1-3-5-10)13-7-6-12-11(15(18)19)8-9-16(12)13/h1-7,11H,8-9H2,(H,18,19)/t11-/m0/s1/i1D,2D,3D,4D,5D. The van der Waals surface area contributed by atoms with Gasteiger partial charge in [0.25, 0.3) is 0 Å². The van der Waals surface area contributed by atoms with Crippen molar-refractivity contribution in [2.24, 2.45) is 0 Å². The summed E-state index contributed by atoms with van der Waals surface area (Å²) in [6.07, 6.45) is 0.353. The minimum absolute atomic E-state index is 0.132. The van der Waals surface area contributed by atoms with Crippen LogP contribution in [0.1, 0.15) is 40.9 Å². The van der Waals surface area contributed by atoms with Gasteiger partial charge < -0.3 is 9.67 Å². The first-order valence-electron chi connectivity index (χ1n) is 8.29. The Morgan fingerprint density at radius 1 is 1.26 bits per heavy atom. The van der Waals surface area contributed by atoms with Crippen molar-refractivity contribution in [3.8, 4) is 0 Å². The molecule has 0 bridgehead atoms. The molecule has 0 saturated heterocycles. The van der Waals surface area contributed by atoms with Crippen molar-refractivity contribution in [1.29, 1.82) is 0 Å². The smallest absolute Gasteiger partial charge is 0.312 e. The maximum atomic E-state index is 12.8. The summed E-state index contributed by atoms with van der Waals surface area (Å²) < 4.78 is 40.2. The molecule has 19 heavy (non-hydrogen) atoms. The van der Waals surface area contributed by atoms with Gasteiger partial charge in [0.15, 0.2) is 0 Å². The average molecular weight is 260 g/mol. The number of carboxylic acid groups (broad SMARTS) is 1. The van der Waals surface area contributed by atoms with Crippen LogP contribution in [-0.2, 0) is 11.3 Å². The second-order valence-electron chi connectivity index (χ2n) is 4.30. The Hall–Kier alpha value is -2.36. The average Bonchev–Trinajstić information content (AvgIpc) is 3.12. The Morgan fingerprint density at radius 2 is 2.00 bits per heavy atom. The molecular formula is C15H13NO3. The van der Waals surface area contributed by atoms with Crippen LogP contribution >= 0.6 is 0 Å². The summed E-state index contributed by atoms with van der Waals surface area (Å²) in [6, 6.07) is 0.144. The van der Waals surface area contributed by atoms with E-state index in [9.17, 15) is 14.7 Å². The largest absolute Gasteiger partial charge is 0.481 e. The van der Waals surface area contributed by atoms with Crippen LogP contribution in [0.5, 0.6) is 0 Å². The first-order valence-corrected chi connectivity index (χ1v) is 5.79. The van der Waals surface area contributed by atoms with Crippen molar-refractivity contribution in [3.05, 3.63) is 59.3 Å². The zero-order valence-electron chi connectivity index (χ0n) is 14.9. The zero-order chi connectivity index (χ0) is 17.8. The van der Waals surface area contributed by atoms with E-state index in [1.165, 1.54) is 12.1 Å². The zero-order valence-corrected chi connectivity index (χ0v) is 9.86. The number of aliphatic carboxylic acids is 1. The van der Waals surface area contributed by atoms with E-state index in [-0.39, 0.29) is 5.69 Å². The summed E-state index contributed by atoms with van der Waals surface area (Å²) in [5.41, 5.74) is 0.214. The Morgan fingerprint density at radius 3 is 2.68 bits per heavy atom. The fourth-order valence-electron chi connectivity index (χ4n) is 2.38.